The van der Waals surface area contributed by atoms with Gasteiger partial charge >= 0.3 is 0 Å². The topological polar surface area (TPSA) is 49.3 Å². The van der Waals surface area contributed by atoms with Crippen molar-refractivity contribution in [2.45, 2.75) is 6.42 Å². The Labute approximate surface area is 97.8 Å². The molecule has 0 atom stereocenters. The van der Waals surface area contributed by atoms with Gasteiger partial charge in [-0.3, -0.25) is 4.79 Å². The van der Waals surface area contributed by atoms with Crippen molar-refractivity contribution in [2.24, 2.45) is 0 Å². The van der Waals surface area contributed by atoms with Crippen LogP contribution in [0.4, 0.5) is 8.78 Å². The minimum atomic E-state index is -0.718. The van der Waals surface area contributed by atoms with Gasteiger partial charge in [-0.25, -0.2) is 8.78 Å². The van der Waals surface area contributed by atoms with Gasteiger partial charge in [-0.15, -0.1) is 0 Å². The van der Waals surface area contributed by atoms with Crippen molar-refractivity contribution < 1.29 is 18.7 Å². The van der Waals surface area contributed by atoms with Crippen LogP contribution >= 0.6 is 0 Å². The lowest BCUT2D eigenvalue weighted by Gasteiger charge is -2.00. The van der Waals surface area contributed by atoms with Gasteiger partial charge in [0, 0.05) is 24.8 Å². The van der Waals surface area contributed by atoms with Crippen molar-refractivity contribution in [1.82, 2.24) is 5.32 Å². The molecular formula is C12H13F2NO2. The molecule has 17 heavy (non-hydrogen) atoms. The first-order chi connectivity index (χ1) is 8.15. The average molecular weight is 241 g/mol. The van der Waals surface area contributed by atoms with Gasteiger partial charge in [-0.2, -0.15) is 0 Å². The number of benzene rings is 1. The lowest BCUT2D eigenvalue weighted by atomic mass is 10.2. The van der Waals surface area contributed by atoms with E-state index in [0.717, 1.165) is 24.3 Å². The van der Waals surface area contributed by atoms with Gasteiger partial charge in [0.15, 0.2) is 0 Å². The summed E-state index contributed by atoms with van der Waals surface area (Å²) in [7, 11) is 0. The third-order valence-electron chi connectivity index (χ3n) is 2.04. The molecule has 0 fully saturated rings. The molecule has 1 aromatic carbocycles. The highest BCUT2D eigenvalue weighted by Gasteiger charge is 2.04. The molecule has 0 aliphatic heterocycles. The van der Waals surface area contributed by atoms with E-state index in [1.807, 2.05) is 0 Å². The van der Waals surface area contributed by atoms with E-state index >= 15 is 0 Å². The fourth-order valence-electron chi connectivity index (χ4n) is 1.18. The summed E-state index contributed by atoms with van der Waals surface area (Å²) in [6.07, 6.45) is 2.57. The standard InChI is InChI=1S/C12H13F2NO2/c13-10-3-1-4-11(14)9(10)5-6-12(17)15-7-2-8-16/h1,3-6,16H,2,7-8H2,(H,15,17)/b6-5+. The van der Waals surface area contributed by atoms with Crippen LogP contribution in [0.5, 0.6) is 0 Å². The van der Waals surface area contributed by atoms with Gasteiger partial charge in [-0.1, -0.05) is 6.07 Å². The Morgan fingerprint density at radius 3 is 2.59 bits per heavy atom. The quantitative estimate of drug-likeness (QED) is 0.606. The van der Waals surface area contributed by atoms with Crippen LogP contribution in [0.2, 0.25) is 0 Å². The first-order valence-electron chi connectivity index (χ1n) is 5.16. The Morgan fingerprint density at radius 1 is 1.35 bits per heavy atom. The van der Waals surface area contributed by atoms with Crippen LogP contribution in [0.3, 0.4) is 0 Å². The zero-order valence-electron chi connectivity index (χ0n) is 9.12. The molecule has 0 aliphatic rings. The molecule has 0 unspecified atom stereocenters. The van der Waals surface area contributed by atoms with Crippen molar-refractivity contribution in [1.29, 1.82) is 0 Å². The first-order valence-corrected chi connectivity index (χ1v) is 5.16. The molecule has 1 amide bonds. The molecule has 3 nitrogen and oxygen atoms in total. The Morgan fingerprint density at radius 2 is 2.00 bits per heavy atom. The molecule has 2 N–H and O–H groups in total. The highest BCUT2D eigenvalue weighted by molar-refractivity contribution is 5.91. The van der Waals surface area contributed by atoms with Gasteiger partial charge in [0.1, 0.15) is 11.6 Å². The monoisotopic (exact) mass is 241 g/mol. The van der Waals surface area contributed by atoms with Crippen LogP contribution in [0.1, 0.15) is 12.0 Å². The number of aliphatic hydroxyl groups excluding tert-OH is 1. The largest absolute Gasteiger partial charge is 0.396 e. The SMILES string of the molecule is O=C(/C=C/c1c(F)cccc1F)NCCCO. The van der Waals surface area contributed by atoms with Crippen LogP contribution in [-0.4, -0.2) is 24.2 Å². The molecule has 0 bridgehead atoms. The van der Waals surface area contributed by atoms with Crippen molar-refractivity contribution in [3.05, 3.63) is 41.5 Å². The molecule has 0 aliphatic carbocycles. The Bertz CT molecular complexity index is 399. The highest BCUT2D eigenvalue weighted by Crippen LogP contribution is 2.13. The second kappa shape index (κ2) is 6.75. The van der Waals surface area contributed by atoms with Crippen molar-refractivity contribution >= 4 is 12.0 Å². The Hall–Kier alpha value is -1.75. The fraction of sp³-hybridized carbons (Fsp3) is 0.250. The van der Waals surface area contributed by atoms with E-state index in [9.17, 15) is 13.6 Å². The minimum absolute atomic E-state index is 0.0219. The van der Waals surface area contributed by atoms with E-state index in [4.69, 9.17) is 5.11 Å². The van der Waals surface area contributed by atoms with Crippen molar-refractivity contribution in [3.8, 4) is 0 Å². The maximum Gasteiger partial charge on any atom is 0.244 e. The number of halogens is 2. The molecule has 0 saturated heterocycles. The summed E-state index contributed by atoms with van der Waals surface area (Å²) in [6, 6.07) is 3.49. The Kier molecular flexibility index (Phi) is 5.29. The number of carbonyl (C=O) groups is 1. The number of rotatable bonds is 5. The third kappa shape index (κ3) is 4.32. The molecule has 0 heterocycles. The smallest absolute Gasteiger partial charge is 0.244 e. The number of hydrogen-bond acceptors (Lipinski definition) is 2. The van der Waals surface area contributed by atoms with Crippen LogP contribution in [0, 0.1) is 11.6 Å². The third-order valence-corrected chi connectivity index (χ3v) is 2.04. The number of aliphatic hydroxyl groups is 1. The molecule has 0 saturated carbocycles. The second-order valence-corrected chi connectivity index (χ2v) is 3.34. The molecule has 0 aromatic heterocycles. The molecule has 92 valence electrons. The fourth-order valence-corrected chi connectivity index (χ4v) is 1.18. The number of amides is 1. The van der Waals surface area contributed by atoms with Gasteiger partial charge in [-0.05, 0) is 24.6 Å². The predicted molar refractivity (Wildman–Crippen MR) is 60.1 cm³/mol. The summed E-state index contributed by atoms with van der Waals surface area (Å²) < 4.78 is 26.3. The Balaban J connectivity index is 2.61. The lowest BCUT2D eigenvalue weighted by molar-refractivity contribution is -0.116. The van der Waals surface area contributed by atoms with Crippen LogP contribution in [0.15, 0.2) is 24.3 Å². The number of hydrogen-bond donors (Lipinski definition) is 2. The van der Waals surface area contributed by atoms with E-state index in [0.29, 0.717) is 13.0 Å². The summed E-state index contributed by atoms with van der Waals surface area (Å²) in [5.41, 5.74) is -0.246. The van der Waals surface area contributed by atoms with E-state index in [1.165, 1.54) is 6.07 Å². The summed E-state index contributed by atoms with van der Waals surface area (Å²) in [5, 5.41) is 11.0. The van der Waals surface area contributed by atoms with Gasteiger partial charge in [0.05, 0.1) is 0 Å². The molecule has 5 heteroatoms. The number of carbonyl (C=O) groups excluding carboxylic acids is 1. The summed E-state index contributed by atoms with van der Waals surface area (Å²) >= 11 is 0. The minimum Gasteiger partial charge on any atom is -0.396 e. The van der Waals surface area contributed by atoms with Gasteiger partial charge < -0.3 is 10.4 Å². The van der Waals surface area contributed by atoms with Gasteiger partial charge in [0.2, 0.25) is 5.91 Å². The molecule has 1 aromatic rings. The summed E-state index contributed by atoms with van der Waals surface area (Å²) in [4.78, 5) is 11.2. The number of nitrogens with one attached hydrogen (secondary N) is 1. The summed E-state index contributed by atoms with van der Waals surface area (Å²) in [5.74, 6) is -1.89. The van der Waals surface area contributed by atoms with E-state index in [2.05, 4.69) is 5.32 Å². The maximum absolute atomic E-state index is 13.2. The maximum atomic E-state index is 13.2. The predicted octanol–water partition coefficient (Wildman–Crippen LogP) is 1.48. The zero-order valence-corrected chi connectivity index (χ0v) is 9.12. The molecular weight excluding hydrogens is 228 g/mol. The van der Waals surface area contributed by atoms with Crippen LogP contribution in [0.25, 0.3) is 6.08 Å². The first kappa shape index (κ1) is 13.3. The van der Waals surface area contributed by atoms with Crippen LogP contribution < -0.4 is 5.32 Å². The second-order valence-electron chi connectivity index (χ2n) is 3.34. The van der Waals surface area contributed by atoms with Crippen LogP contribution in [-0.2, 0) is 4.79 Å². The van der Waals surface area contributed by atoms with E-state index < -0.39 is 17.5 Å². The van der Waals surface area contributed by atoms with Crippen molar-refractivity contribution in [2.75, 3.05) is 13.2 Å². The lowest BCUT2D eigenvalue weighted by Crippen LogP contribution is -2.22. The van der Waals surface area contributed by atoms with Gasteiger partial charge in [0.25, 0.3) is 0 Å². The van der Waals surface area contributed by atoms with E-state index in [-0.39, 0.29) is 12.2 Å². The zero-order chi connectivity index (χ0) is 12.7. The van der Waals surface area contributed by atoms with E-state index in [1.54, 1.807) is 0 Å². The average Bonchev–Trinajstić information content (AvgIpc) is 2.29. The normalized spacial score (nSPS) is 10.8. The summed E-state index contributed by atoms with van der Waals surface area (Å²) in [6.45, 7) is 0.297. The highest BCUT2D eigenvalue weighted by atomic mass is 19.1. The van der Waals surface area contributed by atoms with Crippen molar-refractivity contribution in [3.63, 3.8) is 0 Å². The molecule has 1 rings (SSSR count). The molecule has 0 spiro atoms. The molecule has 0 radical (unpaired) electrons.